The van der Waals surface area contributed by atoms with Crippen LogP contribution in [0, 0.1) is 6.92 Å². The Morgan fingerprint density at radius 2 is 2.13 bits per heavy atom. The Hall–Kier alpha value is -1.90. The Morgan fingerprint density at radius 3 is 2.87 bits per heavy atom. The van der Waals surface area contributed by atoms with Crippen molar-refractivity contribution < 1.29 is 4.79 Å². The number of rotatable bonds is 2. The van der Waals surface area contributed by atoms with Gasteiger partial charge in [0.2, 0.25) is 0 Å². The van der Waals surface area contributed by atoms with Gasteiger partial charge in [0.25, 0.3) is 5.56 Å². The van der Waals surface area contributed by atoms with E-state index in [0.29, 0.717) is 12.0 Å². The number of aromatic nitrogens is 1. The Labute approximate surface area is 86.8 Å². The molecular formula is C12H11NO2. The minimum Gasteiger partial charge on any atom is -0.322 e. The molecule has 1 aromatic carbocycles. The van der Waals surface area contributed by atoms with E-state index in [0.717, 1.165) is 22.8 Å². The van der Waals surface area contributed by atoms with Crippen molar-refractivity contribution in [2.45, 2.75) is 13.3 Å². The third-order valence-electron chi connectivity index (χ3n) is 2.41. The van der Waals surface area contributed by atoms with Gasteiger partial charge in [-0.25, -0.2) is 0 Å². The molecule has 0 aliphatic carbocycles. The second-order valence-corrected chi connectivity index (χ2v) is 3.57. The number of hydrogen-bond acceptors (Lipinski definition) is 2. The summed E-state index contributed by atoms with van der Waals surface area (Å²) < 4.78 is 0. The summed E-state index contributed by atoms with van der Waals surface area (Å²) >= 11 is 0. The minimum absolute atomic E-state index is 0.0642. The molecule has 0 aliphatic rings. The number of aryl methyl sites for hydroxylation is 1. The van der Waals surface area contributed by atoms with Gasteiger partial charge >= 0.3 is 0 Å². The van der Waals surface area contributed by atoms with E-state index in [9.17, 15) is 9.59 Å². The molecule has 76 valence electrons. The predicted octanol–water partition coefficient (Wildman–Crippen LogP) is 1.58. The molecule has 0 aliphatic heterocycles. The molecule has 0 unspecified atom stereocenters. The number of pyridine rings is 1. The fourth-order valence-electron chi connectivity index (χ4n) is 1.59. The zero-order chi connectivity index (χ0) is 10.8. The average Bonchev–Trinajstić information content (AvgIpc) is 2.21. The average molecular weight is 201 g/mol. The highest BCUT2D eigenvalue weighted by atomic mass is 16.1. The van der Waals surface area contributed by atoms with Crippen LogP contribution >= 0.6 is 0 Å². The second kappa shape index (κ2) is 3.69. The van der Waals surface area contributed by atoms with Gasteiger partial charge in [-0.2, -0.15) is 0 Å². The molecule has 0 atom stereocenters. The monoisotopic (exact) mass is 201 g/mol. The van der Waals surface area contributed by atoms with Gasteiger partial charge in [0, 0.05) is 17.5 Å². The Bertz CT molecular complexity index is 569. The summed E-state index contributed by atoms with van der Waals surface area (Å²) in [6, 6.07) is 7.44. The lowest BCUT2D eigenvalue weighted by Gasteiger charge is -2.01. The second-order valence-electron chi connectivity index (χ2n) is 3.57. The molecular weight excluding hydrogens is 190 g/mol. The molecule has 1 heterocycles. The van der Waals surface area contributed by atoms with Crippen molar-refractivity contribution in [2.24, 2.45) is 0 Å². The third kappa shape index (κ3) is 1.81. The first kappa shape index (κ1) is 9.65. The molecule has 0 bridgehead atoms. The van der Waals surface area contributed by atoms with Crippen molar-refractivity contribution in [3.05, 3.63) is 45.7 Å². The maximum Gasteiger partial charge on any atom is 0.251 e. The van der Waals surface area contributed by atoms with Gasteiger partial charge in [-0.15, -0.1) is 0 Å². The molecule has 1 aromatic heterocycles. The van der Waals surface area contributed by atoms with Gasteiger partial charge in [0.05, 0.1) is 0 Å². The van der Waals surface area contributed by atoms with Crippen molar-refractivity contribution in [1.82, 2.24) is 4.98 Å². The molecule has 0 radical (unpaired) electrons. The predicted molar refractivity (Wildman–Crippen MR) is 59.1 cm³/mol. The molecule has 0 saturated carbocycles. The van der Waals surface area contributed by atoms with Crippen LogP contribution in [-0.2, 0) is 11.2 Å². The van der Waals surface area contributed by atoms with Crippen LogP contribution in [-0.4, -0.2) is 11.3 Å². The Morgan fingerprint density at radius 1 is 1.33 bits per heavy atom. The van der Waals surface area contributed by atoms with E-state index in [1.54, 1.807) is 6.92 Å². The fraction of sp³-hybridized carbons (Fsp3) is 0.167. The SMILES string of the molecule is Cc1cc2cc(CC=O)ccc2[nH]c1=O. The number of aromatic amines is 1. The number of nitrogens with one attached hydrogen (secondary N) is 1. The van der Waals surface area contributed by atoms with Gasteiger partial charge in [-0.1, -0.05) is 6.07 Å². The number of fused-ring (bicyclic) bond motifs is 1. The highest BCUT2D eigenvalue weighted by Crippen LogP contribution is 2.13. The highest BCUT2D eigenvalue weighted by molar-refractivity contribution is 5.80. The molecule has 2 rings (SSSR count). The van der Waals surface area contributed by atoms with Gasteiger partial charge in [0.15, 0.2) is 0 Å². The molecule has 3 heteroatoms. The lowest BCUT2D eigenvalue weighted by molar-refractivity contribution is -0.107. The van der Waals surface area contributed by atoms with Crippen LogP contribution in [0.4, 0.5) is 0 Å². The third-order valence-corrected chi connectivity index (χ3v) is 2.41. The molecule has 0 amide bonds. The Balaban J connectivity index is 2.66. The molecule has 0 fully saturated rings. The summed E-state index contributed by atoms with van der Waals surface area (Å²) in [7, 11) is 0. The maximum atomic E-state index is 11.3. The van der Waals surface area contributed by atoms with Crippen molar-refractivity contribution in [3.8, 4) is 0 Å². The first-order chi connectivity index (χ1) is 7.20. The first-order valence-corrected chi connectivity index (χ1v) is 4.77. The smallest absolute Gasteiger partial charge is 0.251 e. The summed E-state index contributed by atoms with van der Waals surface area (Å²) in [5.74, 6) is 0. The van der Waals surface area contributed by atoms with Crippen LogP contribution in [0.15, 0.2) is 29.1 Å². The molecule has 2 aromatic rings. The summed E-state index contributed by atoms with van der Waals surface area (Å²) in [5.41, 5.74) is 2.39. The molecule has 15 heavy (non-hydrogen) atoms. The number of benzene rings is 1. The van der Waals surface area contributed by atoms with E-state index in [4.69, 9.17) is 0 Å². The van der Waals surface area contributed by atoms with Crippen LogP contribution in [0.2, 0.25) is 0 Å². The van der Waals surface area contributed by atoms with Gasteiger partial charge in [0.1, 0.15) is 6.29 Å². The van der Waals surface area contributed by atoms with Gasteiger partial charge < -0.3 is 9.78 Å². The van der Waals surface area contributed by atoms with E-state index in [1.807, 2.05) is 24.3 Å². The lowest BCUT2D eigenvalue weighted by Crippen LogP contribution is -2.08. The minimum atomic E-state index is -0.0642. The van der Waals surface area contributed by atoms with Crippen LogP contribution < -0.4 is 5.56 Å². The number of hydrogen-bond donors (Lipinski definition) is 1. The van der Waals surface area contributed by atoms with Crippen LogP contribution in [0.25, 0.3) is 10.9 Å². The summed E-state index contributed by atoms with van der Waals surface area (Å²) in [4.78, 5) is 24.5. The quantitative estimate of drug-likeness (QED) is 0.750. The topological polar surface area (TPSA) is 49.9 Å². The van der Waals surface area contributed by atoms with E-state index >= 15 is 0 Å². The van der Waals surface area contributed by atoms with Gasteiger partial charge in [-0.3, -0.25) is 4.79 Å². The van der Waals surface area contributed by atoms with Crippen LogP contribution in [0.3, 0.4) is 0 Å². The van der Waals surface area contributed by atoms with E-state index in [-0.39, 0.29) is 5.56 Å². The Kier molecular flexibility index (Phi) is 2.37. The number of carbonyl (C=O) groups is 1. The largest absolute Gasteiger partial charge is 0.322 e. The van der Waals surface area contributed by atoms with Crippen molar-refractivity contribution in [1.29, 1.82) is 0 Å². The van der Waals surface area contributed by atoms with Crippen molar-refractivity contribution in [3.63, 3.8) is 0 Å². The zero-order valence-electron chi connectivity index (χ0n) is 8.41. The van der Waals surface area contributed by atoms with E-state index in [2.05, 4.69) is 4.98 Å². The van der Waals surface area contributed by atoms with E-state index in [1.165, 1.54) is 0 Å². The lowest BCUT2D eigenvalue weighted by atomic mass is 10.1. The summed E-state index contributed by atoms with van der Waals surface area (Å²) in [5, 5.41) is 0.964. The first-order valence-electron chi connectivity index (χ1n) is 4.77. The molecule has 3 nitrogen and oxygen atoms in total. The maximum absolute atomic E-state index is 11.3. The standard InChI is InChI=1S/C12H11NO2/c1-8-6-10-7-9(4-5-14)2-3-11(10)13-12(8)15/h2-3,5-7H,4H2,1H3,(H,13,15). The van der Waals surface area contributed by atoms with Gasteiger partial charge in [-0.05, 0) is 36.1 Å². The number of carbonyl (C=O) groups excluding carboxylic acids is 1. The highest BCUT2D eigenvalue weighted by Gasteiger charge is 1.99. The number of H-pyrrole nitrogens is 1. The summed E-state index contributed by atoms with van der Waals surface area (Å²) in [6.45, 7) is 1.77. The normalized spacial score (nSPS) is 10.5. The van der Waals surface area contributed by atoms with Crippen LogP contribution in [0.5, 0.6) is 0 Å². The zero-order valence-corrected chi connectivity index (χ0v) is 8.41. The van der Waals surface area contributed by atoms with Crippen molar-refractivity contribution >= 4 is 17.2 Å². The summed E-state index contributed by atoms with van der Waals surface area (Å²) in [6.07, 6.45) is 1.29. The molecule has 0 spiro atoms. The van der Waals surface area contributed by atoms with Crippen LogP contribution in [0.1, 0.15) is 11.1 Å². The molecule has 0 saturated heterocycles. The van der Waals surface area contributed by atoms with E-state index < -0.39 is 0 Å². The van der Waals surface area contributed by atoms with Crippen molar-refractivity contribution in [2.75, 3.05) is 0 Å². The number of aldehydes is 1. The fourth-order valence-corrected chi connectivity index (χ4v) is 1.59. The molecule has 1 N–H and O–H groups in total.